The number of carbonyl (C=O) groups is 1. The van der Waals surface area contributed by atoms with Gasteiger partial charge in [0, 0.05) is 16.5 Å². The van der Waals surface area contributed by atoms with Crippen molar-refractivity contribution < 1.29 is 23.4 Å². The number of fused-ring (bicyclic) bond motifs is 1. The number of carboxylic acid groups (broad SMARTS) is 1. The zero-order valence-corrected chi connectivity index (χ0v) is 15.2. The molecule has 0 saturated carbocycles. The molecule has 0 unspecified atom stereocenters. The number of carboxylic acids is 1. The summed E-state index contributed by atoms with van der Waals surface area (Å²) in [6.45, 7) is -0.0962. The number of hydrogen-bond acceptors (Lipinski definition) is 4. The van der Waals surface area contributed by atoms with Crippen LogP contribution in [0.25, 0.3) is 22.3 Å². The summed E-state index contributed by atoms with van der Waals surface area (Å²) < 4.78 is 25.3. The molecule has 0 saturated heterocycles. The van der Waals surface area contributed by atoms with E-state index in [1.165, 1.54) is 18.2 Å². The number of halogens is 2. The number of benzene rings is 3. The predicted octanol–water partition coefficient (Wildman–Crippen LogP) is 4.83. The largest absolute Gasteiger partial charge is 0.545 e. The number of carbonyl (C=O) groups excluding carboxylic acids is 1. The average Bonchev–Trinajstić information content (AvgIpc) is 3.07. The number of rotatable bonds is 5. The fourth-order valence-corrected chi connectivity index (χ4v) is 3.21. The van der Waals surface area contributed by atoms with Gasteiger partial charge in [0.15, 0.2) is 0 Å². The lowest BCUT2D eigenvalue weighted by Gasteiger charge is -2.09. The van der Waals surface area contributed by atoms with Gasteiger partial charge in [0.25, 0.3) is 0 Å². The second-order valence-electron chi connectivity index (χ2n) is 6.11. The summed E-state index contributed by atoms with van der Waals surface area (Å²) in [5.41, 5.74) is 1.17. The molecule has 1 heterocycles. The Bertz CT molecular complexity index is 1150. The summed E-state index contributed by atoms with van der Waals surface area (Å²) in [7, 11) is 0. The zero-order chi connectivity index (χ0) is 19.7. The molecule has 0 spiro atoms. The van der Waals surface area contributed by atoms with Gasteiger partial charge in [0.05, 0.1) is 16.6 Å². The van der Waals surface area contributed by atoms with E-state index in [0.717, 1.165) is 0 Å². The topological polar surface area (TPSA) is 62.5 Å². The SMILES string of the molecule is O=C([O-])c1c(-c2ccccc2)oc2ccc(OCc3c(F)cccc3Cl)cc12. The van der Waals surface area contributed by atoms with Gasteiger partial charge >= 0.3 is 0 Å². The van der Waals surface area contributed by atoms with Crippen LogP contribution in [0, 0.1) is 5.82 Å². The molecule has 0 aliphatic carbocycles. The summed E-state index contributed by atoms with van der Waals surface area (Å²) in [6.07, 6.45) is 0. The highest BCUT2D eigenvalue weighted by Crippen LogP contribution is 2.35. The third-order valence-electron chi connectivity index (χ3n) is 4.34. The van der Waals surface area contributed by atoms with E-state index in [2.05, 4.69) is 0 Å². The van der Waals surface area contributed by atoms with Crippen molar-refractivity contribution in [2.45, 2.75) is 6.61 Å². The normalized spacial score (nSPS) is 10.9. The molecule has 28 heavy (non-hydrogen) atoms. The molecule has 0 aliphatic rings. The van der Waals surface area contributed by atoms with E-state index in [-0.39, 0.29) is 28.5 Å². The second-order valence-corrected chi connectivity index (χ2v) is 6.51. The molecule has 0 atom stereocenters. The summed E-state index contributed by atoms with van der Waals surface area (Å²) in [5.74, 6) is -1.26. The smallest absolute Gasteiger partial charge is 0.144 e. The Morgan fingerprint density at radius 2 is 1.86 bits per heavy atom. The van der Waals surface area contributed by atoms with E-state index in [4.69, 9.17) is 20.8 Å². The summed E-state index contributed by atoms with van der Waals surface area (Å²) in [5, 5.41) is 12.4. The van der Waals surface area contributed by atoms with Gasteiger partial charge in [-0.15, -0.1) is 0 Å². The quantitative estimate of drug-likeness (QED) is 0.485. The maximum absolute atomic E-state index is 13.9. The molecular weight excluding hydrogens is 383 g/mol. The third-order valence-corrected chi connectivity index (χ3v) is 4.70. The average molecular weight is 396 g/mol. The van der Waals surface area contributed by atoms with Gasteiger partial charge in [-0.1, -0.05) is 48.0 Å². The lowest BCUT2D eigenvalue weighted by atomic mass is 10.1. The number of hydrogen-bond donors (Lipinski definition) is 0. The lowest BCUT2D eigenvalue weighted by Crippen LogP contribution is -2.22. The van der Waals surface area contributed by atoms with E-state index in [1.807, 2.05) is 6.07 Å². The molecule has 4 nitrogen and oxygen atoms in total. The Balaban J connectivity index is 1.72. The van der Waals surface area contributed by atoms with Gasteiger partial charge in [-0.3, -0.25) is 0 Å². The minimum atomic E-state index is -1.35. The van der Waals surface area contributed by atoms with Crippen molar-refractivity contribution >= 4 is 28.5 Å². The summed E-state index contributed by atoms with van der Waals surface area (Å²) >= 11 is 6.01. The first kappa shape index (κ1) is 18.1. The number of furan rings is 1. The van der Waals surface area contributed by atoms with Crippen LogP contribution >= 0.6 is 11.6 Å². The van der Waals surface area contributed by atoms with Crippen LogP contribution in [0.4, 0.5) is 4.39 Å². The molecule has 0 aliphatic heterocycles. The van der Waals surface area contributed by atoms with Gasteiger partial charge in [0.2, 0.25) is 0 Å². The van der Waals surface area contributed by atoms with Crippen LogP contribution in [0.3, 0.4) is 0 Å². The highest BCUT2D eigenvalue weighted by molar-refractivity contribution is 6.31. The van der Waals surface area contributed by atoms with Crippen LogP contribution in [0.2, 0.25) is 5.02 Å². The van der Waals surface area contributed by atoms with Crippen LogP contribution in [0.15, 0.2) is 71.1 Å². The Hall–Kier alpha value is -3.31. The molecule has 0 fully saturated rings. The summed E-state index contributed by atoms with van der Waals surface area (Å²) in [4.78, 5) is 11.8. The Kier molecular flexibility index (Phi) is 4.75. The first-order chi connectivity index (χ1) is 13.5. The number of ether oxygens (including phenoxy) is 1. The van der Waals surface area contributed by atoms with Crippen molar-refractivity contribution in [1.82, 2.24) is 0 Å². The lowest BCUT2D eigenvalue weighted by molar-refractivity contribution is -0.254. The minimum absolute atomic E-state index is 0.0597. The molecule has 0 amide bonds. The number of aromatic carboxylic acids is 1. The fraction of sp³-hybridized carbons (Fsp3) is 0.0455. The molecule has 0 bridgehead atoms. The molecular formula is C22H13ClFO4-. The van der Waals surface area contributed by atoms with E-state index < -0.39 is 11.8 Å². The van der Waals surface area contributed by atoms with Gasteiger partial charge < -0.3 is 19.1 Å². The molecule has 0 radical (unpaired) electrons. The Morgan fingerprint density at radius 1 is 1.07 bits per heavy atom. The monoisotopic (exact) mass is 395 g/mol. The maximum atomic E-state index is 13.9. The van der Waals surface area contributed by atoms with Crippen molar-refractivity contribution in [3.05, 3.63) is 88.7 Å². The molecule has 0 N–H and O–H groups in total. The third kappa shape index (κ3) is 3.32. The van der Waals surface area contributed by atoms with Crippen LogP contribution in [-0.2, 0) is 6.61 Å². The minimum Gasteiger partial charge on any atom is -0.545 e. The van der Waals surface area contributed by atoms with Gasteiger partial charge in [0.1, 0.15) is 29.5 Å². The molecule has 140 valence electrons. The predicted molar refractivity (Wildman–Crippen MR) is 102 cm³/mol. The summed E-state index contributed by atoms with van der Waals surface area (Å²) in [6, 6.07) is 18.0. The van der Waals surface area contributed by atoms with E-state index >= 15 is 0 Å². The molecule has 1 aromatic heterocycles. The van der Waals surface area contributed by atoms with Crippen LogP contribution < -0.4 is 9.84 Å². The Morgan fingerprint density at radius 3 is 2.57 bits per heavy atom. The van der Waals surface area contributed by atoms with Crippen LogP contribution in [0.5, 0.6) is 5.75 Å². The van der Waals surface area contributed by atoms with Crippen molar-refractivity contribution in [1.29, 1.82) is 0 Å². The molecule has 6 heteroatoms. The second kappa shape index (κ2) is 7.37. The first-order valence-electron chi connectivity index (χ1n) is 8.43. The molecule has 4 rings (SSSR count). The Labute approximate surface area is 164 Å². The van der Waals surface area contributed by atoms with E-state index in [9.17, 15) is 14.3 Å². The fourth-order valence-electron chi connectivity index (χ4n) is 2.99. The maximum Gasteiger partial charge on any atom is 0.144 e. The highest BCUT2D eigenvalue weighted by atomic mass is 35.5. The van der Waals surface area contributed by atoms with Crippen LogP contribution in [0.1, 0.15) is 15.9 Å². The molecule has 3 aromatic carbocycles. The van der Waals surface area contributed by atoms with Crippen molar-refractivity contribution in [3.63, 3.8) is 0 Å². The standard InChI is InChI=1S/C22H14ClFO4/c23-17-7-4-8-18(24)16(17)12-27-14-9-10-19-15(11-14)20(22(25)26)21(28-19)13-5-2-1-3-6-13/h1-11H,12H2,(H,25,26)/p-1. The van der Waals surface area contributed by atoms with Crippen molar-refractivity contribution in [2.75, 3.05) is 0 Å². The van der Waals surface area contributed by atoms with Crippen LogP contribution in [-0.4, -0.2) is 5.97 Å². The van der Waals surface area contributed by atoms with E-state index in [1.54, 1.807) is 42.5 Å². The van der Waals surface area contributed by atoms with Crippen molar-refractivity contribution in [2.24, 2.45) is 0 Å². The van der Waals surface area contributed by atoms with Gasteiger partial charge in [-0.2, -0.15) is 0 Å². The van der Waals surface area contributed by atoms with Crippen molar-refractivity contribution in [3.8, 4) is 17.1 Å². The zero-order valence-electron chi connectivity index (χ0n) is 14.4. The van der Waals surface area contributed by atoms with Gasteiger partial charge in [-0.25, -0.2) is 4.39 Å². The first-order valence-corrected chi connectivity index (χ1v) is 8.81. The highest BCUT2D eigenvalue weighted by Gasteiger charge is 2.18. The van der Waals surface area contributed by atoms with E-state index in [0.29, 0.717) is 22.3 Å². The molecule has 4 aromatic rings. The van der Waals surface area contributed by atoms with Gasteiger partial charge in [-0.05, 0) is 30.3 Å².